The van der Waals surface area contributed by atoms with Crippen LogP contribution in [0.5, 0.6) is 0 Å². The molecular weight excluding hydrogens is 609 g/mol. The van der Waals surface area contributed by atoms with Gasteiger partial charge in [0.15, 0.2) is 17.2 Å². The molecule has 6 N–H and O–H groups in total. The monoisotopic (exact) mass is 649 g/mol. The van der Waals surface area contributed by atoms with Crippen LogP contribution in [0.2, 0.25) is 0 Å². The number of rotatable bonds is 5. The molecular formula is C33H40BN3O10. The Morgan fingerprint density at radius 2 is 1.70 bits per heavy atom. The number of nitrogens with one attached hydrogen (secondary N) is 1. The van der Waals surface area contributed by atoms with E-state index >= 15 is 0 Å². The number of aliphatic hydroxyl groups is 5. The molecule has 1 amide bonds. The Morgan fingerprint density at radius 3 is 2.34 bits per heavy atom. The van der Waals surface area contributed by atoms with Crippen molar-refractivity contribution in [3.8, 4) is 0 Å². The molecule has 0 spiro atoms. The standard InChI is InChI=1S/C33H40BN3O10/c1-32(44)19-10-7-11-22(38)23(19)27(39)24-20(32)16-21-26(36(2)3)28(40)25(30(42)33(21,45)29(24)41)31(43)35-17-37-12-14-46-34(47-15-13-37)18-8-5-4-6-9-18/h4-11,19-21,23,26,38,41-42,44-45H,12-17H2,1-3H3,(H,35,43). The summed E-state index contributed by atoms with van der Waals surface area (Å²) >= 11 is 0. The number of aliphatic hydroxyl groups excluding tert-OH is 3. The Morgan fingerprint density at radius 1 is 1.04 bits per heavy atom. The molecule has 0 aromatic heterocycles. The lowest BCUT2D eigenvalue weighted by Gasteiger charge is -2.55. The van der Waals surface area contributed by atoms with E-state index < -0.39 is 82.6 Å². The number of carbonyl (C=O) groups excluding carboxylic acids is 3. The Hall–Kier alpha value is -3.79. The largest absolute Gasteiger partial charge is 0.512 e. The number of likely N-dealkylation sites (N-methyl/N-ethyl adjacent to an activating group) is 1. The number of benzene rings is 1. The first-order chi connectivity index (χ1) is 22.3. The van der Waals surface area contributed by atoms with Gasteiger partial charge in [0.05, 0.1) is 24.2 Å². The minimum absolute atomic E-state index is 0.0429. The molecule has 1 saturated heterocycles. The second kappa shape index (κ2) is 12.3. The molecule has 47 heavy (non-hydrogen) atoms. The van der Waals surface area contributed by atoms with Crippen LogP contribution in [0.3, 0.4) is 0 Å². The van der Waals surface area contributed by atoms with E-state index in [4.69, 9.17) is 9.31 Å². The SMILES string of the molecule is CN(C)C1C(=O)C(C(=O)NCN2CCOB(c3ccccc3)OCC2)=C(O)C2(O)C(O)=C3C(=O)C4C(O)=CC=CC4C(C)(O)C3CC12. The van der Waals surface area contributed by atoms with E-state index in [0.717, 1.165) is 5.46 Å². The number of allylic oxidation sites excluding steroid dienone is 3. The maximum Gasteiger partial charge on any atom is 0.493 e. The lowest BCUT2D eigenvalue weighted by Crippen LogP contribution is -2.66. The van der Waals surface area contributed by atoms with Gasteiger partial charge in [-0.05, 0) is 39.0 Å². The lowest BCUT2D eigenvalue weighted by atomic mass is 9.52. The summed E-state index contributed by atoms with van der Waals surface area (Å²) in [7, 11) is 2.60. The van der Waals surface area contributed by atoms with Gasteiger partial charge in [-0.15, -0.1) is 0 Å². The number of hydrogen-bond donors (Lipinski definition) is 6. The highest BCUT2D eigenvalue weighted by atomic mass is 16.6. The normalized spacial score (nSPS) is 34.7. The molecule has 2 fully saturated rings. The van der Waals surface area contributed by atoms with E-state index in [0.29, 0.717) is 13.1 Å². The first-order valence-corrected chi connectivity index (χ1v) is 15.7. The van der Waals surface area contributed by atoms with Crippen molar-refractivity contribution in [3.63, 3.8) is 0 Å². The van der Waals surface area contributed by atoms with Gasteiger partial charge in [-0.3, -0.25) is 24.2 Å². The smallest absolute Gasteiger partial charge is 0.493 e. The van der Waals surface area contributed by atoms with E-state index in [-0.39, 0.29) is 37.6 Å². The van der Waals surface area contributed by atoms with Crippen molar-refractivity contribution >= 4 is 30.1 Å². The van der Waals surface area contributed by atoms with Gasteiger partial charge in [0.1, 0.15) is 22.9 Å². The maximum absolute atomic E-state index is 13.9. The molecule has 13 nitrogen and oxygen atoms in total. The van der Waals surface area contributed by atoms with Crippen LogP contribution < -0.4 is 10.8 Å². The van der Waals surface area contributed by atoms with Crippen molar-refractivity contribution in [2.75, 3.05) is 47.1 Å². The average Bonchev–Trinajstić information content (AvgIpc) is 3.01. The zero-order valence-corrected chi connectivity index (χ0v) is 26.5. The summed E-state index contributed by atoms with van der Waals surface area (Å²) in [6, 6.07) is 8.28. The highest BCUT2D eigenvalue weighted by Gasteiger charge is 2.67. The minimum atomic E-state index is -2.70. The highest BCUT2D eigenvalue weighted by molar-refractivity contribution is 6.61. The van der Waals surface area contributed by atoms with Gasteiger partial charge < -0.3 is 40.2 Å². The zero-order chi connectivity index (χ0) is 33.8. The Bertz CT molecular complexity index is 1580. The van der Waals surface area contributed by atoms with Gasteiger partial charge in [-0.1, -0.05) is 42.5 Å². The maximum atomic E-state index is 13.9. The molecule has 1 aromatic rings. The van der Waals surface area contributed by atoms with Gasteiger partial charge in [0.2, 0.25) is 0 Å². The van der Waals surface area contributed by atoms with Gasteiger partial charge >= 0.3 is 7.12 Å². The number of hydrogen-bond acceptors (Lipinski definition) is 12. The molecule has 1 saturated carbocycles. The molecule has 1 aliphatic heterocycles. The topological polar surface area (TPSA) is 189 Å². The van der Waals surface area contributed by atoms with Gasteiger partial charge in [0, 0.05) is 49.6 Å². The van der Waals surface area contributed by atoms with Crippen molar-refractivity contribution in [1.29, 1.82) is 0 Å². The molecule has 250 valence electrons. The minimum Gasteiger partial charge on any atom is -0.512 e. The van der Waals surface area contributed by atoms with Crippen LogP contribution in [0.25, 0.3) is 0 Å². The van der Waals surface area contributed by atoms with Crippen LogP contribution in [-0.2, 0) is 23.7 Å². The van der Waals surface area contributed by atoms with Crippen molar-refractivity contribution in [2.45, 2.75) is 30.6 Å². The first-order valence-electron chi connectivity index (χ1n) is 15.7. The molecule has 7 atom stereocenters. The van der Waals surface area contributed by atoms with E-state index in [9.17, 15) is 39.9 Å². The summed E-state index contributed by atoms with van der Waals surface area (Å²) in [4.78, 5) is 44.6. The van der Waals surface area contributed by atoms with E-state index in [1.165, 1.54) is 24.0 Å². The molecule has 14 heteroatoms. The van der Waals surface area contributed by atoms with E-state index in [1.54, 1.807) is 20.2 Å². The molecule has 7 unspecified atom stereocenters. The third-order valence-corrected chi connectivity index (χ3v) is 10.3. The number of Topliss-reactive ketones (excluding diaryl/α,β-unsaturated/α-hetero) is 2. The van der Waals surface area contributed by atoms with E-state index in [1.807, 2.05) is 35.2 Å². The van der Waals surface area contributed by atoms with Crippen LogP contribution in [-0.4, -0.2) is 124 Å². The van der Waals surface area contributed by atoms with Crippen LogP contribution in [0.4, 0.5) is 0 Å². The summed E-state index contributed by atoms with van der Waals surface area (Å²) in [6.07, 6.45) is 4.28. The van der Waals surface area contributed by atoms with Crippen molar-refractivity contribution < 1.29 is 49.2 Å². The lowest BCUT2D eigenvalue weighted by molar-refractivity contribution is -0.152. The average molecular weight is 650 g/mol. The van der Waals surface area contributed by atoms with Crippen molar-refractivity contribution in [1.82, 2.24) is 15.1 Å². The number of amides is 1. The fourth-order valence-corrected chi connectivity index (χ4v) is 7.88. The fraction of sp³-hybridized carbons (Fsp3) is 0.485. The first kappa shape index (κ1) is 33.1. The quantitative estimate of drug-likeness (QED) is 0.184. The highest BCUT2D eigenvalue weighted by Crippen LogP contribution is 2.57. The summed E-state index contributed by atoms with van der Waals surface area (Å²) in [5, 5.41) is 60.3. The van der Waals surface area contributed by atoms with Crippen LogP contribution in [0.15, 0.2) is 77.0 Å². The van der Waals surface area contributed by atoms with Crippen LogP contribution in [0, 0.1) is 23.7 Å². The van der Waals surface area contributed by atoms with Gasteiger partial charge in [0.25, 0.3) is 5.91 Å². The zero-order valence-electron chi connectivity index (χ0n) is 26.5. The fourth-order valence-electron chi connectivity index (χ4n) is 7.88. The molecule has 0 radical (unpaired) electrons. The summed E-state index contributed by atoms with van der Waals surface area (Å²) in [6.45, 7) is 2.86. The second-order valence-electron chi connectivity index (χ2n) is 13.3. The summed E-state index contributed by atoms with van der Waals surface area (Å²) in [5.74, 6) is -9.14. The number of nitrogens with zero attached hydrogens (tertiary/aromatic N) is 2. The third kappa shape index (κ3) is 5.33. The Kier molecular flexibility index (Phi) is 8.70. The summed E-state index contributed by atoms with van der Waals surface area (Å²) < 4.78 is 11.7. The molecule has 4 aliphatic carbocycles. The Labute approximate surface area is 272 Å². The molecule has 6 rings (SSSR count). The molecule has 1 aromatic carbocycles. The van der Waals surface area contributed by atoms with Gasteiger partial charge in [-0.2, -0.15) is 0 Å². The number of carbonyl (C=O) groups is 3. The molecule has 0 bridgehead atoms. The Balaban J connectivity index is 1.28. The predicted molar refractivity (Wildman–Crippen MR) is 169 cm³/mol. The second-order valence-corrected chi connectivity index (χ2v) is 13.3. The summed E-state index contributed by atoms with van der Waals surface area (Å²) in [5.41, 5.74) is -4.59. The van der Waals surface area contributed by atoms with Crippen LogP contribution in [0.1, 0.15) is 13.3 Å². The predicted octanol–water partition coefficient (Wildman–Crippen LogP) is -0.114. The van der Waals surface area contributed by atoms with Crippen molar-refractivity contribution in [2.24, 2.45) is 23.7 Å². The third-order valence-electron chi connectivity index (χ3n) is 10.3. The van der Waals surface area contributed by atoms with Gasteiger partial charge in [-0.25, -0.2) is 0 Å². The van der Waals surface area contributed by atoms with E-state index in [2.05, 4.69) is 5.32 Å². The number of fused-ring (bicyclic) bond motifs is 3. The number of ketones is 2. The molecule has 1 heterocycles. The van der Waals surface area contributed by atoms with Crippen molar-refractivity contribution in [3.05, 3.63) is 77.0 Å². The molecule has 5 aliphatic rings. The van der Waals surface area contributed by atoms with Crippen LogP contribution >= 0.6 is 0 Å².